The fourth-order valence-electron chi connectivity index (χ4n) is 3.95. The minimum absolute atomic E-state index is 0.224. The van der Waals surface area contributed by atoms with Crippen LogP contribution in [-0.4, -0.2) is 8.42 Å². The van der Waals surface area contributed by atoms with E-state index < -0.39 is 10.0 Å². The summed E-state index contributed by atoms with van der Waals surface area (Å²) in [6, 6.07) is 21.9. The minimum atomic E-state index is -3.76. The summed E-state index contributed by atoms with van der Waals surface area (Å²) in [6.45, 7) is 4.08. The smallest absolute Gasteiger partial charge is 0.258 e. The molecule has 0 fully saturated rings. The van der Waals surface area contributed by atoms with Crippen LogP contribution in [0.5, 0.6) is 0 Å². The quantitative estimate of drug-likeness (QED) is 0.522. The summed E-state index contributed by atoms with van der Waals surface area (Å²) in [5, 5.41) is 0.586. The van der Waals surface area contributed by atoms with E-state index in [1.165, 1.54) is 0 Å². The van der Waals surface area contributed by atoms with Gasteiger partial charge >= 0.3 is 0 Å². The number of rotatable bonds is 3. The Morgan fingerprint density at radius 1 is 0.893 bits per heavy atom. The summed E-state index contributed by atoms with van der Waals surface area (Å²) in [7, 11) is -3.76. The number of fused-ring (bicyclic) bond motifs is 1. The maximum Gasteiger partial charge on any atom is 0.264 e. The lowest BCUT2D eigenvalue weighted by Gasteiger charge is -2.41. The monoisotopic (exact) mass is 411 g/mol. The van der Waals surface area contributed by atoms with Gasteiger partial charge in [-0.2, -0.15) is 0 Å². The van der Waals surface area contributed by atoms with Crippen molar-refractivity contribution in [3.8, 4) is 0 Å². The number of sulfonamides is 1. The molecule has 28 heavy (non-hydrogen) atoms. The Labute approximate surface area is 171 Å². The molecule has 0 amide bonds. The van der Waals surface area contributed by atoms with Crippen LogP contribution in [0.1, 0.15) is 42.0 Å². The van der Waals surface area contributed by atoms with Crippen LogP contribution in [0.3, 0.4) is 0 Å². The Bertz CT molecular complexity index is 1110. The molecule has 1 aliphatic rings. The lowest BCUT2D eigenvalue weighted by Crippen LogP contribution is -2.39. The number of halogens is 1. The van der Waals surface area contributed by atoms with Crippen LogP contribution in [-0.2, 0) is 10.0 Å². The standard InChI is InChI=1S/C23H22ClNO2S/c1-16-11-13-18(14-12-16)28(26,27)25-22-10-6-4-7-19(22)17(2)15-23(25)20-8-3-5-9-21(20)24/h3-14,17,23H,15H2,1-2H3/t17-,23-/m1/s1. The summed E-state index contributed by atoms with van der Waals surface area (Å²) < 4.78 is 29.1. The summed E-state index contributed by atoms with van der Waals surface area (Å²) >= 11 is 6.49. The molecule has 0 aromatic heterocycles. The van der Waals surface area contributed by atoms with Crippen molar-refractivity contribution in [1.82, 2.24) is 0 Å². The highest BCUT2D eigenvalue weighted by Gasteiger charge is 2.39. The zero-order valence-electron chi connectivity index (χ0n) is 15.8. The van der Waals surface area contributed by atoms with Crippen LogP contribution < -0.4 is 4.31 Å². The Morgan fingerprint density at radius 3 is 2.18 bits per heavy atom. The predicted molar refractivity (Wildman–Crippen MR) is 115 cm³/mol. The molecular weight excluding hydrogens is 390 g/mol. The minimum Gasteiger partial charge on any atom is -0.258 e. The molecule has 0 saturated heterocycles. The van der Waals surface area contributed by atoms with Gasteiger partial charge in [-0.15, -0.1) is 0 Å². The third-order valence-corrected chi connectivity index (χ3v) is 7.59. The van der Waals surface area contributed by atoms with Gasteiger partial charge in [0, 0.05) is 5.02 Å². The fraction of sp³-hybridized carbons (Fsp3) is 0.217. The zero-order chi connectivity index (χ0) is 19.9. The maximum absolute atomic E-state index is 13.7. The normalized spacial score (nSPS) is 19.3. The Balaban J connectivity index is 1.94. The fourth-order valence-corrected chi connectivity index (χ4v) is 5.88. The van der Waals surface area contributed by atoms with Crippen molar-refractivity contribution in [2.45, 2.75) is 37.1 Å². The highest BCUT2D eigenvalue weighted by atomic mass is 35.5. The number of benzene rings is 3. The van der Waals surface area contributed by atoms with Gasteiger partial charge in [-0.3, -0.25) is 4.31 Å². The van der Waals surface area contributed by atoms with Crippen LogP contribution in [0, 0.1) is 6.92 Å². The Kier molecular flexibility index (Phi) is 4.94. The summed E-state index contributed by atoms with van der Waals surface area (Å²) in [4.78, 5) is 0.291. The first-order valence-electron chi connectivity index (χ1n) is 9.34. The Morgan fingerprint density at radius 2 is 1.50 bits per heavy atom. The van der Waals surface area contributed by atoms with Crippen molar-refractivity contribution in [2.75, 3.05) is 4.31 Å². The first kappa shape index (κ1) is 19.0. The van der Waals surface area contributed by atoms with Gasteiger partial charge in [-0.05, 0) is 54.7 Å². The molecule has 3 aromatic rings. The highest BCUT2D eigenvalue weighted by molar-refractivity contribution is 7.92. The number of anilines is 1. The SMILES string of the molecule is Cc1ccc(S(=O)(=O)N2c3ccccc3[C@H](C)C[C@@H]2c2ccccc2Cl)cc1. The molecule has 0 N–H and O–H groups in total. The lowest BCUT2D eigenvalue weighted by molar-refractivity contribution is 0.523. The molecular formula is C23H22ClNO2S. The van der Waals surface area contributed by atoms with Crippen LogP contribution in [0.2, 0.25) is 5.02 Å². The van der Waals surface area contributed by atoms with Gasteiger partial charge in [0.15, 0.2) is 0 Å². The second-order valence-electron chi connectivity index (χ2n) is 7.35. The molecule has 1 heterocycles. The van der Waals surface area contributed by atoms with Crippen molar-refractivity contribution in [3.05, 3.63) is 94.5 Å². The van der Waals surface area contributed by atoms with Crippen LogP contribution in [0.25, 0.3) is 0 Å². The molecule has 144 valence electrons. The van der Waals surface area contributed by atoms with Crippen LogP contribution >= 0.6 is 11.6 Å². The number of para-hydroxylation sites is 1. The number of aryl methyl sites for hydroxylation is 1. The molecule has 3 aromatic carbocycles. The first-order chi connectivity index (χ1) is 13.4. The van der Waals surface area contributed by atoms with Gasteiger partial charge < -0.3 is 0 Å². The van der Waals surface area contributed by atoms with E-state index in [1.54, 1.807) is 16.4 Å². The van der Waals surface area contributed by atoms with Gasteiger partial charge in [-0.25, -0.2) is 8.42 Å². The zero-order valence-corrected chi connectivity index (χ0v) is 17.4. The van der Waals surface area contributed by atoms with E-state index in [2.05, 4.69) is 6.92 Å². The molecule has 0 spiro atoms. The number of hydrogen-bond donors (Lipinski definition) is 0. The highest BCUT2D eigenvalue weighted by Crippen LogP contribution is 2.48. The van der Waals surface area contributed by atoms with Crippen molar-refractivity contribution in [2.24, 2.45) is 0 Å². The molecule has 4 rings (SSSR count). The van der Waals surface area contributed by atoms with Crippen molar-refractivity contribution in [3.63, 3.8) is 0 Å². The molecule has 1 aliphatic heterocycles. The maximum atomic E-state index is 13.7. The van der Waals surface area contributed by atoms with E-state index in [0.29, 0.717) is 16.3 Å². The third kappa shape index (κ3) is 3.21. The average molecular weight is 412 g/mol. The van der Waals surface area contributed by atoms with Crippen molar-refractivity contribution >= 4 is 27.3 Å². The van der Waals surface area contributed by atoms with Crippen molar-refractivity contribution < 1.29 is 8.42 Å². The van der Waals surface area contributed by atoms with E-state index >= 15 is 0 Å². The van der Waals surface area contributed by atoms with E-state index in [9.17, 15) is 8.42 Å². The van der Waals surface area contributed by atoms with Gasteiger partial charge in [0.05, 0.1) is 16.6 Å². The van der Waals surface area contributed by atoms with Crippen molar-refractivity contribution in [1.29, 1.82) is 0 Å². The van der Waals surface area contributed by atoms with Gasteiger partial charge in [-0.1, -0.05) is 72.6 Å². The number of nitrogens with zero attached hydrogens (tertiary/aromatic N) is 1. The van der Waals surface area contributed by atoms with Gasteiger partial charge in [0.1, 0.15) is 0 Å². The summed E-state index contributed by atoms with van der Waals surface area (Å²) in [5.74, 6) is 0.224. The van der Waals surface area contributed by atoms with E-state index in [0.717, 1.165) is 22.4 Å². The third-order valence-electron chi connectivity index (χ3n) is 5.41. The largest absolute Gasteiger partial charge is 0.264 e. The Hall–Kier alpha value is -2.30. The second-order valence-corrected chi connectivity index (χ2v) is 9.57. The average Bonchev–Trinajstić information content (AvgIpc) is 2.68. The second kappa shape index (κ2) is 7.26. The van der Waals surface area contributed by atoms with E-state index in [4.69, 9.17) is 11.6 Å². The predicted octanol–water partition coefficient (Wildman–Crippen LogP) is 6.09. The van der Waals surface area contributed by atoms with Crippen LogP contribution in [0.15, 0.2) is 77.7 Å². The van der Waals surface area contributed by atoms with E-state index in [-0.39, 0.29) is 12.0 Å². The van der Waals surface area contributed by atoms with Crippen LogP contribution in [0.4, 0.5) is 5.69 Å². The molecule has 0 aliphatic carbocycles. The topological polar surface area (TPSA) is 37.4 Å². The molecule has 0 saturated carbocycles. The molecule has 0 unspecified atom stereocenters. The van der Waals surface area contributed by atoms with Gasteiger partial charge in [0.2, 0.25) is 0 Å². The van der Waals surface area contributed by atoms with Gasteiger partial charge in [0.25, 0.3) is 10.0 Å². The molecule has 5 heteroatoms. The summed E-state index contributed by atoms with van der Waals surface area (Å²) in [5.41, 5.74) is 3.63. The number of hydrogen-bond acceptors (Lipinski definition) is 2. The summed E-state index contributed by atoms with van der Waals surface area (Å²) in [6.07, 6.45) is 0.672. The first-order valence-corrected chi connectivity index (χ1v) is 11.2. The van der Waals surface area contributed by atoms with E-state index in [1.807, 2.05) is 67.6 Å². The molecule has 3 nitrogen and oxygen atoms in total. The molecule has 0 radical (unpaired) electrons. The molecule has 0 bridgehead atoms. The lowest BCUT2D eigenvalue weighted by atomic mass is 9.85. The molecule has 2 atom stereocenters.